The smallest absolute Gasteiger partial charge is 0.0679 e. The van der Waals surface area contributed by atoms with E-state index in [4.69, 9.17) is 0 Å². The Balaban J connectivity index is 1.87. The van der Waals surface area contributed by atoms with E-state index >= 15 is 0 Å². The summed E-state index contributed by atoms with van der Waals surface area (Å²) in [5, 5.41) is 13.8. The fraction of sp³-hybridized carbons (Fsp3) is 0.750. The van der Waals surface area contributed by atoms with E-state index in [1.807, 2.05) is 10.9 Å². The maximum atomic E-state index is 9.44. The van der Waals surface area contributed by atoms with Gasteiger partial charge in [0.15, 0.2) is 0 Å². The lowest BCUT2D eigenvalue weighted by Crippen LogP contribution is -2.21. The molecule has 1 aliphatic heterocycles. The van der Waals surface area contributed by atoms with Crippen LogP contribution in [0.15, 0.2) is 12.4 Å². The van der Waals surface area contributed by atoms with Crippen LogP contribution in [-0.2, 0) is 13.1 Å². The van der Waals surface area contributed by atoms with E-state index in [9.17, 15) is 5.11 Å². The average molecular weight is 223 g/mol. The van der Waals surface area contributed by atoms with E-state index in [-0.39, 0.29) is 6.10 Å². The summed E-state index contributed by atoms with van der Waals surface area (Å²) in [4.78, 5) is 2.28. The minimum atomic E-state index is -0.134. The number of rotatable bonds is 4. The topological polar surface area (TPSA) is 41.3 Å². The molecule has 16 heavy (non-hydrogen) atoms. The largest absolute Gasteiger partial charge is 0.392 e. The Labute approximate surface area is 96.9 Å². The summed E-state index contributed by atoms with van der Waals surface area (Å²) in [7, 11) is 0. The van der Waals surface area contributed by atoms with Gasteiger partial charge in [-0.25, -0.2) is 0 Å². The number of hydrogen-bond acceptors (Lipinski definition) is 3. The fourth-order valence-corrected chi connectivity index (χ4v) is 2.18. The molecule has 4 heteroatoms. The SMILES string of the molecule is CC(C)Cn1cc(CN2CC[C@@H](O)C2)cn1. The molecule has 2 heterocycles. The number of aliphatic hydroxyl groups is 1. The summed E-state index contributed by atoms with van der Waals surface area (Å²) in [5.41, 5.74) is 1.25. The summed E-state index contributed by atoms with van der Waals surface area (Å²) < 4.78 is 2.01. The molecule has 0 aromatic carbocycles. The molecular weight excluding hydrogens is 202 g/mol. The highest BCUT2D eigenvalue weighted by Gasteiger charge is 2.20. The minimum absolute atomic E-state index is 0.134. The lowest BCUT2D eigenvalue weighted by Gasteiger charge is -2.12. The Morgan fingerprint density at radius 3 is 3.00 bits per heavy atom. The zero-order chi connectivity index (χ0) is 11.5. The van der Waals surface area contributed by atoms with Crippen LogP contribution in [0.2, 0.25) is 0 Å². The predicted octanol–water partition coefficient (Wildman–Crippen LogP) is 1.11. The second-order valence-electron chi connectivity index (χ2n) is 5.14. The van der Waals surface area contributed by atoms with Gasteiger partial charge in [0, 0.05) is 37.9 Å². The maximum Gasteiger partial charge on any atom is 0.0679 e. The first-order valence-electron chi connectivity index (χ1n) is 6.05. The highest BCUT2D eigenvalue weighted by Crippen LogP contribution is 2.13. The highest BCUT2D eigenvalue weighted by molar-refractivity contribution is 5.04. The van der Waals surface area contributed by atoms with Gasteiger partial charge in [0.25, 0.3) is 0 Å². The highest BCUT2D eigenvalue weighted by atomic mass is 16.3. The summed E-state index contributed by atoms with van der Waals surface area (Å²) in [6, 6.07) is 0. The van der Waals surface area contributed by atoms with Gasteiger partial charge in [0.1, 0.15) is 0 Å². The number of aromatic nitrogens is 2. The van der Waals surface area contributed by atoms with Gasteiger partial charge in [-0.1, -0.05) is 13.8 Å². The van der Waals surface area contributed by atoms with Gasteiger partial charge in [-0.05, 0) is 12.3 Å². The normalized spacial score (nSPS) is 22.1. The van der Waals surface area contributed by atoms with Gasteiger partial charge in [-0.2, -0.15) is 5.10 Å². The Kier molecular flexibility index (Phi) is 3.61. The number of β-amino-alcohol motifs (C(OH)–C–C–N with tert-alkyl or cyclic N) is 1. The third-order valence-corrected chi connectivity index (χ3v) is 2.89. The van der Waals surface area contributed by atoms with E-state index in [0.29, 0.717) is 5.92 Å². The van der Waals surface area contributed by atoms with Crippen LogP contribution in [0, 0.1) is 5.92 Å². The van der Waals surface area contributed by atoms with E-state index in [1.165, 1.54) is 5.56 Å². The monoisotopic (exact) mass is 223 g/mol. The molecule has 1 fully saturated rings. The van der Waals surface area contributed by atoms with Crippen molar-refractivity contribution in [2.75, 3.05) is 13.1 Å². The zero-order valence-corrected chi connectivity index (χ0v) is 10.1. The number of aliphatic hydroxyl groups excluding tert-OH is 1. The standard InChI is InChI=1S/C12H21N3O/c1-10(2)6-15-8-11(5-13-15)7-14-4-3-12(16)9-14/h5,8,10,12,16H,3-4,6-7,9H2,1-2H3/t12-/m1/s1. The molecule has 2 rings (SSSR count). The molecule has 4 nitrogen and oxygen atoms in total. The number of hydrogen-bond donors (Lipinski definition) is 1. The van der Waals surface area contributed by atoms with Crippen molar-refractivity contribution >= 4 is 0 Å². The Bertz CT molecular complexity index is 335. The first kappa shape index (κ1) is 11.6. The van der Waals surface area contributed by atoms with Crippen LogP contribution in [0.4, 0.5) is 0 Å². The molecule has 0 amide bonds. The molecule has 0 unspecified atom stereocenters. The molecule has 1 aromatic heterocycles. The van der Waals surface area contributed by atoms with Crippen molar-refractivity contribution in [1.82, 2.24) is 14.7 Å². The molecule has 90 valence electrons. The van der Waals surface area contributed by atoms with Crippen LogP contribution in [0.3, 0.4) is 0 Å². The van der Waals surface area contributed by atoms with Crippen molar-refractivity contribution in [3.63, 3.8) is 0 Å². The molecule has 1 atom stereocenters. The van der Waals surface area contributed by atoms with Crippen LogP contribution >= 0.6 is 0 Å². The molecule has 0 saturated carbocycles. The third-order valence-electron chi connectivity index (χ3n) is 2.89. The lowest BCUT2D eigenvalue weighted by molar-refractivity contribution is 0.175. The molecule has 1 saturated heterocycles. The summed E-state index contributed by atoms with van der Waals surface area (Å²) in [6.45, 7) is 8.07. The van der Waals surface area contributed by atoms with Gasteiger partial charge in [0.05, 0.1) is 12.3 Å². The van der Waals surface area contributed by atoms with E-state index in [0.717, 1.165) is 32.6 Å². The van der Waals surface area contributed by atoms with Crippen LogP contribution in [0.5, 0.6) is 0 Å². The van der Waals surface area contributed by atoms with Gasteiger partial charge in [0.2, 0.25) is 0 Å². The van der Waals surface area contributed by atoms with Crippen LogP contribution in [0.1, 0.15) is 25.8 Å². The molecular formula is C12H21N3O. The Morgan fingerprint density at radius 2 is 2.38 bits per heavy atom. The van der Waals surface area contributed by atoms with Crippen LogP contribution in [-0.4, -0.2) is 39.0 Å². The molecule has 1 N–H and O–H groups in total. The number of likely N-dealkylation sites (tertiary alicyclic amines) is 1. The lowest BCUT2D eigenvalue weighted by atomic mass is 10.2. The Morgan fingerprint density at radius 1 is 1.56 bits per heavy atom. The average Bonchev–Trinajstić information content (AvgIpc) is 2.76. The zero-order valence-electron chi connectivity index (χ0n) is 10.1. The second kappa shape index (κ2) is 4.97. The van der Waals surface area contributed by atoms with Crippen molar-refractivity contribution in [3.05, 3.63) is 18.0 Å². The fourth-order valence-electron chi connectivity index (χ4n) is 2.18. The predicted molar refractivity (Wildman–Crippen MR) is 63.0 cm³/mol. The maximum absolute atomic E-state index is 9.44. The summed E-state index contributed by atoms with van der Waals surface area (Å²) >= 11 is 0. The molecule has 0 bridgehead atoms. The second-order valence-corrected chi connectivity index (χ2v) is 5.14. The van der Waals surface area contributed by atoms with Crippen molar-refractivity contribution in [2.45, 2.75) is 39.5 Å². The summed E-state index contributed by atoms with van der Waals surface area (Å²) in [5.74, 6) is 0.626. The van der Waals surface area contributed by atoms with Crippen molar-refractivity contribution < 1.29 is 5.11 Å². The van der Waals surface area contributed by atoms with Gasteiger partial charge in [-0.3, -0.25) is 9.58 Å². The minimum Gasteiger partial charge on any atom is -0.392 e. The number of nitrogens with zero attached hydrogens (tertiary/aromatic N) is 3. The quantitative estimate of drug-likeness (QED) is 0.831. The van der Waals surface area contributed by atoms with Gasteiger partial charge in [-0.15, -0.1) is 0 Å². The molecule has 1 aromatic rings. The van der Waals surface area contributed by atoms with E-state index < -0.39 is 0 Å². The summed E-state index contributed by atoms with van der Waals surface area (Å²) in [6.07, 6.45) is 4.82. The van der Waals surface area contributed by atoms with Crippen molar-refractivity contribution in [1.29, 1.82) is 0 Å². The van der Waals surface area contributed by atoms with Crippen LogP contribution in [0.25, 0.3) is 0 Å². The molecule has 0 spiro atoms. The van der Waals surface area contributed by atoms with Crippen molar-refractivity contribution in [2.24, 2.45) is 5.92 Å². The Hall–Kier alpha value is -0.870. The van der Waals surface area contributed by atoms with Crippen LogP contribution < -0.4 is 0 Å². The van der Waals surface area contributed by atoms with E-state index in [2.05, 4.69) is 30.0 Å². The first-order valence-corrected chi connectivity index (χ1v) is 6.05. The molecule has 1 aliphatic rings. The molecule has 0 radical (unpaired) electrons. The van der Waals surface area contributed by atoms with Gasteiger partial charge < -0.3 is 5.11 Å². The van der Waals surface area contributed by atoms with Gasteiger partial charge >= 0.3 is 0 Å². The molecule has 0 aliphatic carbocycles. The third kappa shape index (κ3) is 3.06. The van der Waals surface area contributed by atoms with Crippen molar-refractivity contribution in [3.8, 4) is 0 Å². The first-order chi connectivity index (χ1) is 7.63. The van der Waals surface area contributed by atoms with E-state index in [1.54, 1.807) is 0 Å².